The highest BCUT2D eigenvalue weighted by atomic mass is 16.5. The molecule has 108 valence electrons. The minimum absolute atomic E-state index is 0.0690. The predicted molar refractivity (Wildman–Crippen MR) is 70.9 cm³/mol. The zero-order chi connectivity index (χ0) is 14.2. The lowest BCUT2D eigenvalue weighted by Crippen LogP contribution is -2.47. The average molecular weight is 277 g/mol. The van der Waals surface area contributed by atoms with E-state index >= 15 is 0 Å². The summed E-state index contributed by atoms with van der Waals surface area (Å²) >= 11 is 0. The summed E-state index contributed by atoms with van der Waals surface area (Å²) in [7, 11) is 0. The molecule has 2 aliphatic rings. The van der Waals surface area contributed by atoms with E-state index in [1.807, 2.05) is 9.80 Å². The molecule has 2 aliphatic heterocycles. The van der Waals surface area contributed by atoms with Gasteiger partial charge in [-0.25, -0.2) is 0 Å². The van der Waals surface area contributed by atoms with Crippen LogP contribution in [-0.2, 0) is 4.79 Å². The summed E-state index contributed by atoms with van der Waals surface area (Å²) in [6, 6.07) is 1.59. The zero-order valence-corrected chi connectivity index (χ0v) is 11.7. The number of rotatable bonds is 1. The largest absolute Gasteiger partial charge is 0.351 e. The summed E-state index contributed by atoms with van der Waals surface area (Å²) in [5.74, 6) is 0.324. The molecule has 6 heteroatoms. The van der Waals surface area contributed by atoms with Crippen LogP contribution in [0.25, 0.3) is 0 Å². The Labute approximate surface area is 117 Å². The van der Waals surface area contributed by atoms with Crippen LogP contribution in [0.15, 0.2) is 16.8 Å². The Morgan fingerprint density at radius 1 is 1.25 bits per heavy atom. The number of hydrogen-bond donors (Lipinski definition) is 0. The van der Waals surface area contributed by atoms with E-state index in [2.05, 4.69) is 5.16 Å². The molecule has 0 aromatic carbocycles. The highest BCUT2D eigenvalue weighted by molar-refractivity contribution is 5.91. The smallest absolute Gasteiger partial charge is 0.292 e. The highest BCUT2D eigenvalue weighted by Crippen LogP contribution is 2.39. The average Bonchev–Trinajstić information content (AvgIpc) is 3.08. The number of hydrogen-bond acceptors (Lipinski definition) is 4. The third kappa shape index (κ3) is 2.30. The first-order valence-corrected chi connectivity index (χ1v) is 7.05. The zero-order valence-electron chi connectivity index (χ0n) is 11.7. The second-order valence-corrected chi connectivity index (χ2v) is 5.90. The van der Waals surface area contributed by atoms with Gasteiger partial charge in [0.15, 0.2) is 0 Å². The molecule has 2 amide bonds. The van der Waals surface area contributed by atoms with Crippen LogP contribution in [-0.4, -0.2) is 52.9 Å². The van der Waals surface area contributed by atoms with E-state index in [0.29, 0.717) is 12.3 Å². The minimum atomic E-state index is -0.0978. The van der Waals surface area contributed by atoms with Crippen molar-refractivity contribution < 1.29 is 14.1 Å². The lowest BCUT2D eigenvalue weighted by Gasteiger charge is -2.39. The number of carbonyl (C=O) groups is 2. The monoisotopic (exact) mass is 277 g/mol. The molecule has 0 radical (unpaired) electrons. The number of nitrogens with zero attached hydrogens (tertiary/aromatic N) is 3. The molecule has 1 aromatic rings. The fourth-order valence-corrected chi connectivity index (χ4v) is 3.40. The minimum Gasteiger partial charge on any atom is -0.351 e. The lowest BCUT2D eigenvalue weighted by atomic mass is 9.79. The van der Waals surface area contributed by atoms with Gasteiger partial charge in [-0.15, -0.1) is 0 Å². The van der Waals surface area contributed by atoms with Gasteiger partial charge in [0, 0.05) is 44.6 Å². The second-order valence-electron chi connectivity index (χ2n) is 5.90. The molecule has 1 atom stereocenters. The molecule has 0 saturated carbocycles. The van der Waals surface area contributed by atoms with E-state index in [1.165, 1.54) is 6.20 Å². The van der Waals surface area contributed by atoms with Crippen molar-refractivity contribution in [3.63, 3.8) is 0 Å². The van der Waals surface area contributed by atoms with Crippen molar-refractivity contribution in [2.24, 2.45) is 5.41 Å². The van der Waals surface area contributed by atoms with Crippen molar-refractivity contribution in [3.8, 4) is 0 Å². The summed E-state index contributed by atoms with van der Waals surface area (Å²) in [6.45, 7) is 4.66. The fraction of sp³-hybridized carbons (Fsp3) is 0.643. The van der Waals surface area contributed by atoms with E-state index in [1.54, 1.807) is 13.0 Å². The van der Waals surface area contributed by atoms with Crippen molar-refractivity contribution in [2.75, 3.05) is 26.2 Å². The molecule has 6 nitrogen and oxygen atoms in total. The van der Waals surface area contributed by atoms with Crippen LogP contribution >= 0.6 is 0 Å². The van der Waals surface area contributed by atoms with Crippen molar-refractivity contribution in [1.82, 2.24) is 15.0 Å². The quantitative estimate of drug-likeness (QED) is 0.772. The van der Waals surface area contributed by atoms with Crippen LogP contribution in [0, 0.1) is 5.41 Å². The molecule has 2 saturated heterocycles. The van der Waals surface area contributed by atoms with Gasteiger partial charge >= 0.3 is 0 Å². The van der Waals surface area contributed by atoms with E-state index in [9.17, 15) is 9.59 Å². The summed E-state index contributed by atoms with van der Waals surface area (Å²) in [4.78, 5) is 27.6. The Kier molecular flexibility index (Phi) is 3.23. The summed E-state index contributed by atoms with van der Waals surface area (Å²) in [5.41, 5.74) is 0.0690. The van der Waals surface area contributed by atoms with Gasteiger partial charge in [-0.2, -0.15) is 0 Å². The van der Waals surface area contributed by atoms with Gasteiger partial charge in [-0.3, -0.25) is 9.59 Å². The topological polar surface area (TPSA) is 66.7 Å². The number of likely N-dealkylation sites (tertiary alicyclic amines) is 2. The van der Waals surface area contributed by atoms with Crippen molar-refractivity contribution in [1.29, 1.82) is 0 Å². The second kappa shape index (κ2) is 4.92. The molecule has 0 N–H and O–H groups in total. The molecule has 0 bridgehead atoms. The molecule has 3 rings (SSSR count). The maximum absolute atomic E-state index is 12.3. The van der Waals surface area contributed by atoms with Gasteiger partial charge in [-0.05, 0) is 19.3 Å². The Morgan fingerprint density at radius 3 is 2.75 bits per heavy atom. The standard InChI is InChI=1S/C14H19N3O3/c1-11(18)16-7-2-4-14(9-16)5-8-17(10-14)13(19)12-3-6-15-20-12/h3,6H,2,4-5,7-10H2,1H3. The molecule has 0 aliphatic carbocycles. The van der Waals surface area contributed by atoms with Crippen LogP contribution in [0.1, 0.15) is 36.7 Å². The highest BCUT2D eigenvalue weighted by Gasteiger charge is 2.43. The molecule has 1 spiro atoms. The van der Waals surface area contributed by atoms with E-state index < -0.39 is 0 Å². The molecule has 2 fully saturated rings. The van der Waals surface area contributed by atoms with Crippen molar-refractivity contribution in [3.05, 3.63) is 18.0 Å². The maximum atomic E-state index is 12.3. The summed E-state index contributed by atoms with van der Waals surface area (Å²) in [5, 5.41) is 3.58. The van der Waals surface area contributed by atoms with E-state index in [-0.39, 0.29) is 17.2 Å². The van der Waals surface area contributed by atoms with Gasteiger partial charge in [0.2, 0.25) is 11.7 Å². The Hall–Kier alpha value is -1.85. The summed E-state index contributed by atoms with van der Waals surface area (Å²) < 4.78 is 4.94. The normalized spacial score (nSPS) is 26.2. The first-order chi connectivity index (χ1) is 9.60. The number of piperidine rings is 1. The third-order valence-electron chi connectivity index (χ3n) is 4.48. The van der Waals surface area contributed by atoms with E-state index in [4.69, 9.17) is 4.52 Å². The number of carbonyl (C=O) groups excluding carboxylic acids is 2. The fourth-order valence-electron chi connectivity index (χ4n) is 3.40. The molecule has 3 heterocycles. The number of aromatic nitrogens is 1. The van der Waals surface area contributed by atoms with E-state index in [0.717, 1.165) is 38.9 Å². The van der Waals surface area contributed by atoms with Gasteiger partial charge in [-0.1, -0.05) is 5.16 Å². The first kappa shape index (κ1) is 13.1. The lowest BCUT2D eigenvalue weighted by molar-refractivity contribution is -0.132. The third-order valence-corrected chi connectivity index (χ3v) is 4.48. The van der Waals surface area contributed by atoms with Crippen molar-refractivity contribution in [2.45, 2.75) is 26.2 Å². The first-order valence-electron chi connectivity index (χ1n) is 7.05. The van der Waals surface area contributed by atoms with Gasteiger partial charge in [0.25, 0.3) is 5.91 Å². The van der Waals surface area contributed by atoms with Crippen LogP contribution in [0.4, 0.5) is 0 Å². The number of amides is 2. The van der Waals surface area contributed by atoms with Crippen LogP contribution in [0.3, 0.4) is 0 Å². The summed E-state index contributed by atoms with van der Waals surface area (Å²) in [6.07, 6.45) is 4.54. The van der Waals surface area contributed by atoms with Crippen LogP contribution in [0.5, 0.6) is 0 Å². The Morgan fingerprint density at radius 2 is 2.05 bits per heavy atom. The van der Waals surface area contributed by atoms with Crippen LogP contribution in [0.2, 0.25) is 0 Å². The van der Waals surface area contributed by atoms with Gasteiger partial charge in [0.05, 0.1) is 6.20 Å². The van der Waals surface area contributed by atoms with Gasteiger partial charge in [0.1, 0.15) is 0 Å². The Bertz CT molecular complexity index is 514. The predicted octanol–water partition coefficient (Wildman–Crippen LogP) is 1.15. The Balaban J connectivity index is 1.69. The molecular formula is C14H19N3O3. The molecular weight excluding hydrogens is 258 g/mol. The molecule has 20 heavy (non-hydrogen) atoms. The molecule has 1 aromatic heterocycles. The molecule has 1 unspecified atom stereocenters. The maximum Gasteiger partial charge on any atom is 0.292 e. The SMILES string of the molecule is CC(=O)N1CCCC2(CCN(C(=O)c3ccno3)C2)C1. The van der Waals surface area contributed by atoms with Crippen LogP contribution < -0.4 is 0 Å². The van der Waals surface area contributed by atoms with Crippen molar-refractivity contribution >= 4 is 11.8 Å². The van der Waals surface area contributed by atoms with Gasteiger partial charge < -0.3 is 14.3 Å².